The Labute approximate surface area is 176 Å². The predicted octanol–water partition coefficient (Wildman–Crippen LogP) is 3.39. The second-order valence-corrected chi connectivity index (χ2v) is 8.10. The van der Waals surface area contributed by atoms with Crippen LogP contribution in [0.1, 0.15) is 57.3 Å². The van der Waals surface area contributed by atoms with Crippen LogP contribution in [-0.4, -0.2) is 39.1 Å². The number of likely N-dealkylation sites (tertiary alicyclic amines) is 1. The Morgan fingerprint density at radius 3 is 2.77 bits per heavy atom. The SMILES string of the molecule is Cc1cccc(Cc2cc(C)nc([C@H]3CCCN(C(=O)c4ccc(=O)[nH]n4)C3)c2)c1. The van der Waals surface area contributed by atoms with Gasteiger partial charge in [-0.25, -0.2) is 5.10 Å². The van der Waals surface area contributed by atoms with Crippen molar-refractivity contribution in [1.29, 1.82) is 0 Å². The monoisotopic (exact) mass is 402 g/mol. The molecule has 6 nitrogen and oxygen atoms in total. The standard InChI is InChI=1S/C24H26N4O2/c1-16-5-3-6-18(11-16)13-19-12-17(2)25-22(14-19)20-7-4-10-28(15-20)24(30)21-8-9-23(29)27-26-21/h3,5-6,8-9,11-12,14,20H,4,7,10,13,15H2,1-2H3,(H,27,29)/t20-/m0/s1. The van der Waals surface area contributed by atoms with Gasteiger partial charge in [0.15, 0.2) is 0 Å². The van der Waals surface area contributed by atoms with E-state index in [9.17, 15) is 9.59 Å². The van der Waals surface area contributed by atoms with Gasteiger partial charge in [0.25, 0.3) is 11.5 Å². The lowest BCUT2D eigenvalue weighted by molar-refractivity contribution is 0.0698. The van der Waals surface area contributed by atoms with E-state index in [1.807, 2.05) is 11.8 Å². The molecule has 6 heteroatoms. The number of carbonyl (C=O) groups is 1. The van der Waals surface area contributed by atoms with Crippen LogP contribution in [0.3, 0.4) is 0 Å². The lowest BCUT2D eigenvalue weighted by Gasteiger charge is -2.32. The maximum Gasteiger partial charge on any atom is 0.274 e. The zero-order valence-electron chi connectivity index (χ0n) is 17.4. The molecule has 1 aromatic carbocycles. The highest BCUT2D eigenvalue weighted by Gasteiger charge is 2.27. The van der Waals surface area contributed by atoms with Crippen molar-refractivity contribution >= 4 is 5.91 Å². The molecule has 0 unspecified atom stereocenters. The molecule has 2 aromatic heterocycles. The third-order valence-corrected chi connectivity index (χ3v) is 5.55. The van der Waals surface area contributed by atoms with Crippen molar-refractivity contribution in [2.45, 2.75) is 39.0 Å². The van der Waals surface area contributed by atoms with Gasteiger partial charge in [-0.15, -0.1) is 0 Å². The van der Waals surface area contributed by atoms with Crippen molar-refractivity contribution < 1.29 is 4.79 Å². The molecule has 3 aromatic rings. The molecule has 1 amide bonds. The molecule has 1 atom stereocenters. The molecule has 0 spiro atoms. The lowest BCUT2D eigenvalue weighted by Crippen LogP contribution is -2.40. The molecule has 154 valence electrons. The Bertz CT molecular complexity index is 1100. The zero-order valence-corrected chi connectivity index (χ0v) is 17.4. The van der Waals surface area contributed by atoms with Gasteiger partial charge >= 0.3 is 0 Å². The second-order valence-electron chi connectivity index (χ2n) is 8.10. The number of aromatic amines is 1. The zero-order chi connectivity index (χ0) is 21.1. The molecule has 0 bridgehead atoms. The molecule has 1 N–H and O–H groups in total. The summed E-state index contributed by atoms with van der Waals surface area (Å²) >= 11 is 0. The normalized spacial score (nSPS) is 16.5. The van der Waals surface area contributed by atoms with Crippen molar-refractivity contribution in [2.75, 3.05) is 13.1 Å². The first-order valence-electron chi connectivity index (χ1n) is 10.4. The molecule has 1 fully saturated rings. The van der Waals surface area contributed by atoms with Crippen LogP contribution in [0.2, 0.25) is 0 Å². The highest BCUT2D eigenvalue weighted by Crippen LogP contribution is 2.28. The van der Waals surface area contributed by atoms with Crippen LogP contribution in [0.15, 0.2) is 53.3 Å². The van der Waals surface area contributed by atoms with E-state index in [2.05, 4.69) is 53.5 Å². The number of hydrogen-bond acceptors (Lipinski definition) is 4. The van der Waals surface area contributed by atoms with E-state index in [4.69, 9.17) is 4.98 Å². The molecular formula is C24H26N4O2. The van der Waals surface area contributed by atoms with E-state index in [0.717, 1.165) is 30.7 Å². The Morgan fingerprint density at radius 1 is 1.13 bits per heavy atom. The van der Waals surface area contributed by atoms with Crippen LogP contribution in [0.5, 0.6) is 0 Å². The summed E-state index contributed by atoms with van der Waals surface area (Å²) in [7, 11) is 0. The van der Waals surface area contributed by atoms with Crippen molar-refractivity contribution in [1.82, 2.24) is 20.1 Å². The molecular weight excluding hydrogens is 376 g/mol. The van der Waals surface area contributed by atoms with E-state index < -0.39 is 0 Å². The lowest BCUT2D eigenvalue weighted by atomic mass is 9.92. The molecule has 0 saturated carbocycles. The van der Waals surface area contributed by atoms with Gasteiger partial charge in [0, 0.05) is 36.5 Å². The van der Waals surface area contributed by atoms with E-state index in [-0.39, 0.29) is 23.1 Å². The molecule has 1 aliphatic rings. The third kappa shape index (κ3) is 4.64. The van der Waals surface area contributed by atoms with Crippen molar-refractivity contribution in [3.8, 4) is 0 Å². The van der Waals surface area contributed by atoms with Gasteiger partial charge in [0.2, 0.25) is 0 Å². The minimum Gasteiger partial charge on any atom is -0.337 e. The molecule has 1 saturated heterocycles. The van der Waals surface area contributed by atoms with Gasteiger partial charge in [-0.1, -0.05) is 29.8 Å². The van der Waals surface area contributed by atoms with E-state index in [0.29, 0.717) is 13.1 Å². The van der Waals surface area contributed by atoms with Gasteiger partial charge in [-0.3, -0.25) is 14.6 Å². The quantitative estimate of drug-likeness (QED) is 0.725. The molecule has 0 aliphatic carbocycles. The number of H-pyrrole nitrogens is 1. The number of carbonyl (C=O) groups excluding carboxylic acids is 1. The smallest absolute Gasteiger partial charge is 0.274 e. The van der Waals surface area contributed by atoms with Crippen molar-refractivity contribution in [3.63, 3.8) is 0 Å². The fourth-order valence-electron chi connectivity index (χ4n) is 4.17. The second kappa shape index (κ2) is 8.61. The summed E-state index contributed by atoms with van der Waals surface area (Å²) < 4.78 is 0. The first-order chi connectivity index (χ1) is 14.5. The van der Waals surface area contributed by atoms with Gasteiger partial charge in [-0.2, -0.15) is 5.10 Å². The molecule has 3 heterocycles. The Hall–Kier alpha value is -3.28. The maximum atomic E-state index is 12.8. The number of aryl methyl sites for hydroxylation is 2. The Morgan fingerprint density at radius 2 is 2.00 bits per heavy atom. The average Bonchev–Trinajstić information content (AvgIpc) is 2.73. The van der Waals surface area contributed by atoms with Crippen molar-refractivity contribution in [3.05, 3.63) is 92.7 Å². The topological polar surface area (TPSA) is 79.0 Å². The van der Waals surface area contributed by atoms with Gasteiger partial charge in [-0.05, 0) is 62.4 Å². The number of nitrogens with zero attached hydrogens (tertiary/aromatic N) is 3. The fraction of sp³-hybridized carbons (Fsp3) is 0.333. The number of aromatic nitrogens is 3. The summed E-state index contributed by atoms with van der Waals surface area (Å²) in [6.07, 6.45) is 2.79. The highest BCUT2D eigenvalue weighted by atomic mass is 16.2. The summed E-state index contributed by atoms with van der Waals surface area (Å²) in [4.78, 5) is 30.6. The molecule has 4 rings (SSSR count). The van der Waals surface area contributed by atoms with Crippen LogP contribution in [0.25, 0.3) is 0 Å². The van der Waals surface area contributed by atoms with Gasteiger partial charge in [0.05, 0.1) is 0 Å². The number of rotatable bonds is 4. The summed E-state index contributed by atoms with van der Waals surface area (Å²) in [6.45, 7) is 5.44. The number of piperidine rings is 1. The van der Waals surface area contributed by atoms with Gasteiger partial charge < -0.3 is 4.90 Å². The Kier molecular flexibility index (Phi) is 5.74. The minimum atomic E-state index is -0.312. The van der Waals surface area contributed by atoms with E-state index >= 15 is 0 Å². The first-order valence-corrected chi connectivity index (χ1v) is 10.4. The first kappa shape index (κ1) is 20.0. The average molecular weight is 402 g/mol. The van der Waals surface area contributed by atoms with Crippen LogP contribution in [0.4, 0.5) is 0 Å². The number of nitrogens with one attached hydrogen (secondary N) is 1. The highest BCUT2D eigenvalue weighted by molar-refractivity contribution is 5.92. The molecule has 0 radical (unpaired) electrons. The maximum absolute atomic E-state index is 12.8. The van der Waals surface area contributed by atoms with E-state index in [1.54, 1.807) is 0 Å². The van der Waals surface area contributed by atoms with Crippen LogP contribution < -0.4 is 5.56 Å². The minimum absolute atomic E-state index is 0.149. The van der Waals surface area contributed by atoms with Crippen LogP contribution in [-0.2, 0) is 6.42 Å². The van der Waals surface area contributed by atoms with Crippen LogP contribution in [0, 0.1) is 13.8 Å². The number of hydrogen-bond donors (Lipinski definition) is 1. The Balaban J connectivity index is 1.53. The molecule has 1 aliphatic heterocycles. The van der Waals surface area contributed by atoms with Crippen LogP contribution >= 0.6 is 0 Å². The van der Waals surface area contributed by atoms with Crippen molar-refractivity contribution in [2.24, 2.45) is 0 Å². The van der Waals surface area contributed by atoms with E-state index in [1.165, 1.54) is 28.8 Å². The number of pyridine rings is 1. The third-order valence-electron chi connectivity index (χ3n) is 5.55. The number of amides is 1. The summed E-state index contributed by atoms with van der Waals surface area (Å²) in [6, 6.07) is 15.7. The summed E-state index contributed by atoms with van der Waals surface area (Å²) in [5, 5.41) is 6.23. The largest absolute Gasteiger partial charge is 0.337 e. The summed E-state index contributed by atoms with van der Waals surface area (Å²) in [5.74, 6) is 0.0465. The molecule has 30 heavy (non-hydrogen) atoms. The summed E-state index contributed by atoms with van der Waals surface area (Å²) in [5.41, 5.74) is 5.80. The fourth-order valence-corrected chi connectivity index (χ4v) is 4.17. The van der Waals surface area contributed by atoms with Gasteiger partial charge in [0.1, 0.15) is 5.69 Å². The predicted molar refractivity (Wildman–Crippen MR) is 116 cm³/mol. The number of benzene rings is 1.